The molecule has 0 saturated carbocycles. The first-order chi connectivity index (χ1) is 18.1. The number of hydrogen-bond donors (Lipinski definition) is 2. The third-order valence-electron chi connectivity index (χ3n) is 7.65. The van der Waals surface area contributed by atoms with Crippen LogP contribution in [0.25, 0.3) is 11.0 Å². The fourth-order valence-electron chi connectivity index (χ4n) is 5.68. The number of benzene rings is 2. The van der Waals surface area contributed by atoms with Gasteiger partial charge in [-0.05, 0) is 54.7 Å². The lowest BCUT2D eigenvalue weighted by molar-refractivity contribution is -0.143. The Morgan fingerprint density at radius 2 is 1.86 bits per heavy atom. The van der Waals surface area contributed by atoms with Crippen LogP contribution in [0, 0.1) is 0 Å². The van der Waals surface area contributed by atoms with Gasteiger partial charge in [-0.15, -0.1) is 0 Å². The average molecular weight is 498 g/mol. The number of anilines is 3. The highest BCUT2D eigenvalue weighted by Gasteiger charge is 2.28. The van der Waals surface area contributed by atoms with Gasteiger partial charge in [-0.25, -0.2) is 9.67 Å². The van der Waals surface area contributed by atoms with Gasteiger partial charge in [-0.1, -0.05) is 31.2 Å². The summed E-state index contributed by atoms with van der Waals surface area (Å²) in [5, 5.41) is 18.4. The Hall–Kier alpha value is -3.98. The van der Waals surface area contributed by atoms with E-state index >= 15 is 0 Å². The zero-order chi connectivity index (χ0) is 25.4. The van der Waals surface area contributed by atoms with E-state index in [1.807, 2.05) is 36.1 Å². The van der Waals surface area contributed by atoms with Gasteiger partial charge in [0.2, 0.25) is 5.95 Å². The molecular formula is C28H31N7O2. The number of fused-ring (bicyclic) bond motifs is 2. The van der Waals surface area contributed by atoms with Gasteiger partial charge in [0.15, 0.2) is 5.65 Å². The van der Waals surface area contributed by atoms with Crippen LogP contribution >= 0.6 is 0 Å². The van der Waals surface area contributed by atoms with Crippen molar-refractivity contribution in [3.8, 4) is 0 Å². The molecule has 2 atom stereocenters. The van der Waals surface area contributed by atoms with Crippen LogP contribution in [0.1, 0.15) is 36.9 Å². The maximum atomic E-state index is 11.5. The Morgan fingerprint density at radius 3 is 2.62 bits per heavy atom. The molecule has 0 amide bonds. The Balaban J connectivity index is 1.15. The van der Waals surface area contributed by atoms with Crippen molar-refractivity contribution in [3.63, 3.8) is 0 Å². The van der Waals surface area contributed by atoms with E-state index in [-0.39, 0.29) is 6.04 Å². The number of carbonyl (C=O) groups is 1. The molecule has 0 bridgehead atoms. The van der Waals surface area contributed by atoms with Gasteiger partial charge in [0.25, 0.3) is 0 Å². The van der Waals surface area contributed by atoms with Crippen LogP contribution in [0.4, 0.5) is 17.3 Å². The van der Waals surface area contributed by atoms with E-state index < -0.39 is 12.0 Å². The zero-order valence-corrected chi connectivity index (χ0v) is 20.9. The molecule has 37 heavy (non-hydrogen) atoms. The first-order valence-electron chi connectivity index (χ1n) is 13.0. The number of aryl methyl sites for hydroxylation is 1. The van der Waals surface area contributed by atoms with Crippen molar-refractivity contribution in [1.82, 2.24) is 24.6 Å². The van der Waals surface area contributed by atoms with E-state index in [1.165, 1.54) is 11.1 Å². The lowest BCUT2D eigenvalue weighted by Crippen LogP contribution is -2.52. The normalized spacial score (nSPS) is 18.6. The summed E-state index contributed by atoms with van der Waals surface area (Å²) in [6.45, 7) is 5.05. The van der Waals surface area contributed by atoms with Gasteiger partial charge in [-0.2, -0.15) is 10.1 Å². The van der Waals surface area contributed by atoms with Gasteiger partial charge in [0.1, 0.15) is 6.04 Å². The lowest BCUT2D eigenvalue weighted by Gasteiger charge is -2.38. The van der Waals surface area contributed by atoms with Crippen molar-refractivity contribution in [2.24, 2.45) is 0 Å². The minimum Gasteiger partial charge on any atom is -0.480 e. The van der Waals surface area contributed by atoms with Crippen molar-refractivity contribution in [1.29, 1.82) is 0 Å². The van der Waals surface area contributed by atoms with E-state index in [4.69, 9.17) is 4.98 Å². The molecule has 190 valence electrons. The Bertz CT molecular complexity index is 1410. The predicted molar refractivity (Wildman–Crippen MR) is 143 cm³/mol. The van der Waals surface area contributed by atoms with Crippen LogP contribution in [0.15, 0.2) is 60.9 Å². The third-order valence-corrected chi connectivity index (χ3v) is 7.65. The molecule has 9 nitrogen and oxygen atoms in total. The maximum Gasteiger partial charge on any atom is 0.320 e. The second-order valence-electron chi connectivity index (χ2n) is 9.77. The summed E-state index contributed by atoms with van der Waals surface area (Å²) < 4.78 is 2.03. The molecule has 1 aliphatic carbocycles. The van der Waals surface area contributed by atoms with Gasteiger partial charge in [-0.3, -0.25) is 9.69 Å². The van der Waals surface area contributed by atoms with Crippen molar-refractivity contribution in [2.75, 3.05) is 36.4 Å². The number of aromatic nitrogens is 4. The van der Waals surface area contributed by atoms with Crippen LogP contribution in [0.2, 0.25) is 0 Å². The molecule has 2 N–H and O–H groups in total. The molecule has 1 fully saturated rings. The monoisotopic (exact) mass is 497 g/mol. The average Bonchev–Trinajstić information content (AvgIpc) is 3.53. The minimum absolute atomic E-state index is 0.194. The summed E-state index contributed by atoms with van der Waals surface area (Å²) in [7, 11) is 0. The number of rotatable bonds is 7. The molecule has 2 unspecified atom stereocenters. The summed E-state index contributed by atoms with van der Waals surface area (Å²) >= 11 is 0. The number of nitrogens with one attached hydrogen (secondary N) is 1. The van der Waals surface area contributed by atoms with E-state index in [1.54, 1.807) is 0 Å². The summed E-state index contributed by atoms with van der Waals surface area (Å²) in [6.07, 6.45) is 6.36. The van der Waals surface area contributed by atoms with Crippen molar-refractivity contribution in [3.05, 3.63) is 72.1 Å². The van der Waals surface area contributed by atoms with Crippen LogP contribution in [0.5, 0.6) is 0 Å². The third kappa shape index (κ3) is 4.51. The summed E-state index contributed by atoms with van der Waals surface area (Å²) in [6, 6.07) is 16.6. The fraction of sp³-hybridized carbons (Fsp3) is 0.357. The van der Waals surface area contributed by atoms with Gasteiger partial charge in [0.05, 0.1) is 17.6 Å². The number of piperazine rings is 1. The highest BCUT2D eigenvalue weighted by molar-refractivity contribution is 5.76. The van der Waals surface area contributed by atoms with E-state index in [9.17, 15) is 9.90 Å². The predicted octanol–water partition coefficient (Wildman–Crippen LogP) is 4.09. The van der Waals surface area contributed by atoms with Gasteiger partial charge in [0, 0.05) is 43.8 Å². The highest BCUT2D eigenvalue weighted by atomic mass is 16.4. The Labute approximate surface area is 215 Å². The van der Waals surface area contributed by atoms with E-state index in [2.05, 4.69) is 61.6 Å². The Morgan fingerprint density at radius 1 is 1.08 bits per heavy atom. The van der Waals surface area contributed by atoms with Crippen molar-refractivity contribution < 1.29 is 9.90 Å². The van der Waals surface area contributed by atoms with Gasteiger partial charge < -0.3 is 15.3 Å². The molecule has 1 aliphatic heterocycles. The van der Waals surface area contributed by atoms with Crippen LogP contribution < -0.4 is 10.2 Å². The molecule has 4 aromatic rings. The lowest BCUT2D eigenvalue weighted by atomic mass is 10.1. The second kappa shape index (κ2) is 9.82. The molecule has 9 heteroatoms. The number of carboxylic acids is 1. The van der Waals surface area contributed by atoms with Crippen LogP contribution in [-0.4, -0.2) is 67.9 Å². The highest BCUT2D eigenvalue weighted by Crippen LogP contribution is 2.35. The molecule has 3 heterocycles. The number of hydrogen-bond acceptors (Lipinski definition) is 7. The summed E-state index contributed by atoms with van der Waals surface area (Å²) in [5.41, 5.74) is 5.58. The smallest absolute Gasteiger partial charge is 0.320 e. The standard InChI is InChI=1S/C28H31N7O2/c1-2-24(27(36)37)34-15-13-33(14-16-34)22-10-8-21(9-11-22)31-28-29-17-20-18-30-35(26(20)32-28)25-12-7-19-5-3-4-6-23(19)25/h3-6,8-11,17-18,24-25H,2,7,12-16H2,1H3,(H,36,37)(H,29,31,32). The molecule has 2 aliphatic rings. The molecule has 1 saturated heterocycles. The fourth-order valence-corrected chi connectivity index (χ4v) is 5.68. The largest absolute Gasteiger partial charge is 0.480 e. The van der Waals surface area contributed by atoms with Gasteiger partial charge >= 0.3 is 5.97 Å². The first-order valence-corrected chi connectivity index (χ1v) is 13.0. The topological polar surface area (TPSA) is 99.4 Å². The minimum atomic E-state index is -0.733. The molecule has 0 radical (unpaired) electrons. The quantitative estimate of drug-likeness (QED) is 0.394. The molecule has 0 spiro atoms. The zero-order valence-electron chi connectivity index (χ0n) is 20.9. The van der Waals surface area contributed by atoms with Crippen molar-refractivity contribution in [2.45, 2.75) is 38.3 Å². The maximum absolute atomic E-state index is 11.5. The molecule has 2 aromatic heterocycles. The SMILES string of the molecule is CCC(C(=O)O)N1CCN(c2ccc(Nc3ncc4cnn(C5CCc6ccccc65)c4n3)cc2)CC1. The van der Waals surface area contributed by atoms with E-state index in [0.717, 1.165) is 61.4 Å². The second-order valence-corrected chi connectivity index (χ2v) is 9.77. The number of aliphatic carboxylic acids is 1. The Kier molecular flexibility index (Phi) is 6.21. The summed E-state index contributed by atoms with van der Waals surface area (Å²) in [4.78, 5) is 25.2. The van der Waals surface area contributed by atoms with E-state index in [0.29, 0.717) is 12.4 Å². The molecular weight excluding hydrogens is 466 g/mol. The number of carboxylic acid groups (broad SMARTS) is 1. The van der Waals surface area contributed by atoms with Crippen LogP contribution in [-0.2, 0) is 11.2 Å². The van der Waals surface area contributed by atoms with Crippen LogP contribution in [0.3, 0.4) is 0 Å². The number of nitrogens with zero attached hydrogens (tertiary/aromatic N) is 6. The van der Waals surface area contributed by atoms with Crippen molar-refractivity contribution >= 4 is 34.3 Å². The molecule has 2 aromatic carbocycles. The summed E-state index contributed by atoms with van der Waals surface area (Å²) in [5.74, 6) is -0.191. The molecule has 6 rings (SSSR count). The first kappa shape index (κ1) is 23.4.